The molecule has 2 unspecified atom stereocenters. The van der Waals surface area contributed by atoms with E-state index in [2.05, 4.69) is 38.7 Å². The molecule has 122 valence electrons. The molecule has 1 aromatic rings. The van der Waals surface area contributed by atoms with E-state index in [4.69, 9.17) is 9.47 Å². The van der Waals surface area contributed by atoms with Gasteiger partial charge in [-0.3, -0.25) is 4.90 Å². The second kappa shape index (κ2) is 5.84. The summed E-state index contributed by atoms with van der Waals surface area (Å²) in [7, 11) is 0. The average Bonchev–Trinajstić information content (AvgIpc) is 2.46. The van der Waals surface area contributed by atoms with Gasteiger partial charge in [-0.1, -0.05) is 32.0 Å². The molecule has 0 bridgehead atoms. The molecule has 0 radical (unpaired) electrons. The third kappa shape index (κ3) is 2.64. The highest BCUT2D eigenvalue weighted by Crippen LogP contribution is 2.45. The Kier molecular flexibility index (Phi) is 4.19. The van der Waals surface area contributed by atoms with Gasteiger partial charge in [-0.15, -0.1) is 0 Å². The van der Waals surface area contributed by atoms with Crippen LogP contribution in [0, 0.1) is 0 Å². The third-order valence-electron chi connectivity index (χ3n) is 4.83. The van der Waals surface area contributed by atoms with Crippen molar-refractivity contribution in [1.29, 1.82) is 0 Å². The Balaban J connectivity index is 2.01. The van der Waals surface area contributed by atoms with Gasteiger partial charge in [0, 0.05) is 18.7 Å². The lowest BCUT2D eigenvalue weighted by atomic mass is 9.83. The maximum atomic E-state index is 11.1. The van der Waals surface area contributed by atoms with Gasteiger partial charge in [0.25, 0.3) is 0 Å². The predicted molar refractivity (Wildman–Crippen MR) is 86.4 cm³/mol. The molecule has 0 saturated carbocycles. The highest BCUT2D eigenvalue weighted by atomic mass is 16.5. The first-order valence-corrected chi connectivity index (χ1v) is 8.23. The molecule has 22 heavy (non-hydrogen) atoms. The van der Waals surface area contributed by atoms with Crippen molar-refractivity contribution in [3.8, 4) is 5.75 Å². The minimum absolute atomic E-state index is 0.0497. The van der Waals surface area contributed by atoms with Gasteiger partial charge in [-0.2, -0.15) is 0 Å². The van der Waals surface area contributed by atoms with E-state index in [9.17, 15) is 5.11 Å². The Morgan fingerprint density at radius 2 is 1.91 bits per heavy atom. The molecule has 2 atom stereocenters. The van der Waals surface area contributed by atoms with Gasteiger partial charge >= 0.3 is 0 Å². The molecule has 3 rings (SSSR count). The first-order valence-electron chi connectivity index (χ1n) is 8.23. The van der Waals surface area contributed by atoms with E-state index >= 15 is 0 Å². The molecule has 4 heteroatoms. The molecule has 1 saturated heterocycles. The number of nitrogens with zero attached hydrogens (tertiary/aromatic N) is 1. The van der Waals surface area contributed by atoms with Gasteiger partial charge in [-0.05, 0) is 25.3 Å². The summed E-state index contributed by atoms with van der Waals surface area (Å²) in [6.07, 6.45) is -0.532. The van der Waals surface area contributed by atoms with Gasteiger partial charge in [0.1, 0.15) is 17.5 Å². The minimum Gasteiger partial charge on any atom is -0.485 e. The van der Waals surface area contributed by atoms with Crippen molar-refractivity contribution in [3.05, 3.63) is 29.3 Å². The van der Waals surface area contributed by atoms with E-state index in [1.807, 2.05) is 12.1 Å². The van der Waals surface area contributed by atoms with Crippen molar-refractivity contribution in [1.82, 2.24) is 4.90 Å². The van der Waals surface area contributed by atoms with Crippen LogP contribution in [0.2, 0.25) is 0 Å². The Morgan fingerprint density at radius 1 is 1.23 bits per heavy atom. The van der Waals surface area contributed by atoms with Crippen LogP contribution < -0.4 is 4.74 Å². The smallest absolute Gasteiger partial charge is 0.129 e. The largest absolute Gasteiger partial charge is 0.485 e. The monoisotopic (exact) mass is 305 g/mol. The van der Waals surface area contributed by atoms with Gasteiger partial charge in [0.2, 0.25) is 0 Å². The van der Waals surface area contributed by atoms with Crippen LogP contribution in [0.5, 0.6) is 5.75 Å². The number of para-hydroxylation sites is 1. The molecule has 2 aliphatic rings. The number of aliphatic hydroxyl groups excluding tert-OH is 1. The normalized spacial score (nSPS) is 28.3. The quantitative estimate of drug-likeness (QED) is 0.912. The molecule has 0 amide bonds. The fourth-order valence-corrected chi connectivity index (χ4v) is 3.75. The molecule has 0 aliphatic carbocycles. The van der Waals surface area contributed by atoms with Crippen LogP contribution >= 0.6 is 0 Å². The Bertz CT molecular complexity index is 535. The maximum absolute atomic E-state index is 11.1. The molecular weight excluding hydrogens is 278 g/mol. The number of ether oxygens (including phenoxy) is 2. The second-order valence-corrected chi connectivity index (χ2v) is 7.16. The van der Waals surface area contributed by atoms with Crippen molar-refractivity contribution in [2.75, 3.05) is 26.3 Å². The molecular formula is C18H27NO3. The minimum atomic E-state index is -0.532. The fraction of sp³-hybridized carbons (Fsp3) is 0.667. The number of rotatable bonds is 2. The summed E-state index contributed by atoms with van der Waals surface area (Å²) < 4.78 is 11.9. The first kappa shape index (κ1) is 15.8. The van der Waals surface area contributed by atoms with Gasteiger partial charge in [0.05, 0.1) is 19.3 Å². The fourth-order valence-electron chi connectivity index (χ4n) is 3.75. The molecule has 1 aromatic carbocycles. The number of aliphatic hydroxyl groups is 1. The first-order chi connectivity index (χ1) is 10.4. The summed E-state index contributed by atoms with van der Waals surface area (Å²) >= 11 is 0. The van der Waals surface area contributed by atoms with Crippen molar-refractivity contribution in [2.45, 2.75) is 51.4 Å². The third-order valence-corrected chi connectivity index (χ3v) is 4.83. The zero-order valence-electron chi connectivity index (χ0n) is 14.0. The number of fused-ring (bicyclic) bond motifs is 1. The van der Waals surface area contributed by atoms with E-state index in [1.54, 1.807) is 0 Å². The summed E-state index contributed by atoms with van der Waals surface area (Å²) in [5.41, 5.74) is 1.65. The van der Waals surface area contributed by atoms with Crippen LogP contribution in [0.15, 0.2) is 18.2 Å². The van der Waals surface area contributed by atoms with Crippen LogP contribution in [-0.4, -0.2) is 48.0 Å². The number of benzene rings is 1. The summed E-state index contributed by atoms with van der Waals surface area (Å²) in [6.45, 7) is 11.6. The highest BCUT2D eigenvalue weighted by Gasteiger charge is 2.47. The lowest BCUT2D eigenvalue weighted by Gasteiger charge is -2.49. The maximum Gasteiger partial charge on any atom is 0.129 e. The molecule has 0 spiro atoms. The van der Waals surface area contributed by atoms with Crippen LogP contribution in [0.1, 0.15) is 50.8 Å². The van der Waals surface area contributed by atoms with Crippen molar-refractivity contribution in [2.24, 2.45) is 0 Å². The van der Waals surface area contributed by atoms with Crippen LogP contribution in [0.3, 0.4) is 0 Å². The van der Waals surface area contributed by atoms with E-state index in [0.29, 0.717) is 5.92 Å². The molecule has 0 aromatic heterocycles. The van der Waals surface area contributed by atoms with E-state index in [1.165, 1.54) is 5.56 Å². The molecule has 2 aliphatic heterocycles. The lowest BCUT2D eigenvalue weighted by molar-refractivity contribution is -0.107. The summed E-state index contributed by atoms with van der Waals surface area (Å²) in [4.78, 5) is 2.30. The van der Waals surface area contributed by atoms with Gasteiger partial charge in [-0.25, -0.2) is 0 Å². The van der Waals surface area contributed by atoms with Crippen molar-refractivity contribution < 1.29 is 14.6 Å². The SMILES string of the molecule is CC(C)c1cccc2c1OC(C)(C)C(N1CCOCC1)C2O. The predicted octanol–water partition coefficient (Wildman–Crippen LogP) is 2.72. The van der Waals surface area contributed by atoms with Crippen molar-refractivity contribution in [3.63, 3.8) is 0 Å². The van der Waals surface area contributed by atoms with E-state index in [-0.39, 0.29) is 6.04 Å². The summed E-state index contributed by atoms with van der Waals surface area (Å²) in [6, 6.07) is 6.07. The average molecular weight is 305 g/mol. The zero-order valence-corrected chi connectivity index (χ0v) is 14.0. The Hall–Kier alpha value is -1.10. The second-order valence-electron chi connectivity index (χ2n) is 7.16. The molecule has 1 N–H and O–H groups in total. The standard InChI is InChI=1S/C18H27NO3/c1-12(2)13-6-5-7-14-15(20)17(18(3,4)22-16(13)14)19-8-10-21-11-9-19/h5-7,12,15,17,20H,8-11H2,1-4H3. The Labute approximate surface area is 133 Å². The topological polar surface area (TPSA) is 41.9 Å². The molecule has 4 nitrogen and oxygen atoms in total. The van der Waals surface area contributed by atoms with Crippen LogP contribution in [-0.2, 0) is 4.74 Å². The highest BCUT2D eigenvalue weighted by molar-refractivity contribution is 5.47. The van der Waals surface area contributed by atoms with Gasteiger partial charge < -0.3 is 14.6 Å². The van der Waals surface area contributed by atoms with Crippen LogP contribution in [0.25, 0.3) is 0 Å². The number of hydrogen-bond donors (Lipinski definition) is 1. The number of morpholine rings is 1. The zero-order chi connectivity index (χ0) is 15.9. The van der Waals surface area contributed by atoms with Crippen molar-refractivity contribution >= 4 is 0 Å². The summed E-state index contributed by atoms with van der Waals surface area (Å²) in [5, 5.41) is 11.1. The van der Waals surface area contributed by atoms with E-state index < -0.39 is 11.7 Å². The molecule has 2 heterocycles. The number of hydrogen-bond acceptors (Lipinski definition) is 4. The van der Waals surface area contributed by atoms with Crippen LogP contribution in [0.4, 0.5) is 0 Å². The lowest BCUT2D eigenvalue weighted by Crippen LogP contribution is -2.60. The Morgan fingerprint density at radius 3 is 2.55 bits per heavy atom. The van der Waals surface area contributed by atoms with Gasteiger partial charge in [0.15, 0.2) is 0 Å². The molecule has 1 fully saturated rings. The summed E-state index contributed by atoms with van der Waals surface area (Å²) in [5.74, 6) is 1.25. The van der Waals surface area contributed by atoms with E-state index in [0.717, 1.165) is 37.6 Å².